The number of ether oxygens (including phenoxy) is 1. The zero-order chi connectivity index (χ0) is 24.5. The molecule has 9 heteroatoms. The smallest absolute Gasteiger partial charge is 0.338 e. The van der Waals surface area contributed by atoms with Crippen molar-refractivity contribution in [1.82, 2.24) is 9.80 Å². The van der Waals surface area contributed by atoms with Gasteiger partial charge in [0.2, 0.25) is 5.91 Å². The molecule has 2 amide bonds. The van der Waals surface area contributed by atoms with Crippen LogP contribution in [0.4, 0.5) is 5.69 Å². The maximum atomic E-state index is 12.7. The summed E-state index contributed by atoms with van der Waals surface area (Å²) in [4.78, 5) is 41.4. The van der Waals surface area contributed by atoms with Crippen LogP contribution in [0, 0.1) is 0 Å². The van der Waals surface area contributed by atoms with E-state index in [1.165, 1.54) is 16.7 Å². The van der Waals surface area contributed by atoms with Crippen LogP contribution < -0.4 is 5.32 Å². The van der Waals surface area contributed by atoms with Gasteiger partial charge in [-0.2, -0.15) is 0 Å². The number of nitrogens with zero attached hydrogens (tertiary/aromatic N) is 2. The van der Waals surface area contributed by atoms with Gasteiger partial charge in [0.05, 0.1) is 10.5 Å². The third kappa shape index (κ3) is 6.99. The molecule has 0 spiro atoms. The minimum atomic E-state index is -0.409. The highest BCUT2D eigenvalue weighted by atomic mass is 32.2. The van der Waals surface area contributed by atoms with E-state index in [0.29, 0.717) is 33.6 Å². The molecule has 0 atom stereocenters. The molecule has 0 aliphatic carbocycles. The Kier molecular flexibility index (Phi) is 9.38. The van der Waals surface area contributed by atoms with Gasteiger partial charge in [0.1, 0.15) is 17.5 Å². The highest BCUT2D eigenvalue weighted by molar-refractivity contribution is 8.26. The molecule has 0 aromatic heterocycles. The summed E-state index contributed by atoms with van der Waals surface area (Å²) in [5, 5.41) is 2.73. The standard InChI is InChI=1S/C25H27N3O4S2/c1-3-27(4-2)14-15-32-24(31)19-10-12-20(13-11-19)26-22(29)17-28-23(30)21(34-25(28)33)16-18-8-6-5-7-9-18/h5-13,16H,3-4,14-15,17H2,1-2H3,(H,26,29). The lowest BCUT2D eigenvalue weighted by Crippen LogP contribution is -2.36. The first kappa shape index (κ1) is 25.6. The number of amides is 2. The van der Waals surface area contributed by atoms with Crippen molar-refractivity contribution in [2.45, 2.75) is 13.8 Å². The molecule has 178 valence electrons. The van der Waals surface area contributed by atoms with Crippen LogP contribution >= 0.6 is 24.0 Å². The Labute approximate surface area is 209 Å². The van der Waals surface area contributed by atoms with E-state index < -0.39 is 5.97 Å². The number of carbonyl (C=O) groups excluding carboxylic acids is 3. The van der Waals surface area contributed by atoms with E-state index in [0.717, 1.165) is 18.7 Å². The fourth-order valence-corrected chi connectivity index (χ4v) is 4.52. The molecule has 2 aromatic rings. The first-order chi connectivity index (χ1) is 16.4. The minimum absolute atomic E-state index is 0.189. The number of hydrogen-bond acceptors (Lipinski definition) is 7. The molecule has 3 rings (SSSR count). The fraction of sp³-hybridized carbons (Fsp3) is 0.280. The highest BCUT2D eigenvalue weighted by Crippen LogP contribution is 2.32. The molecule has 0 bridgehead atoms. The summed E-state index contributed by atoms with van der Waals surface area (Å²) in [5.41, 5.74) is 1.80. The minimum Gasteiger partial charge on any atom is -0.461 e. The molecule has 1 saturated heterocycles. The molecule has 7 nitrogen and oxygen atoms in total. The summed E-state index contributed by atoms with van der Waals surface area (Å²) in [7, 11) is 0. The lowest BCUT2D eigenvalue weighted by molar-refractivity contribution is -0.126. The van der Waals surface area contributed by atoms with Gasteiger partial charge >= 0.3 is 5.97 Å². The lowest BCUT2D eigenvalue weighted by atomic mass is 10.2. The lowest BCUT2D eigenvalue weighted by Gasteiger charge is -2.17. The van der Waals surface area contributed by atoms with Crippen LogP contribution in [0.3, 0.4) is 0 Å². The zero-order valence-electron chi connectivity index (χ0n) is 19.2. The first-order valence-corrected chi connectivity index (χ1v) is 12.2. The molecule has 1 fully saturated rings. The van der Waals surface area contributed by atoms with Crippen LogP contribution in [0.15, 0.2) is 59.5 Å². The Morgan fingerprint density at radius 3 is 2.41 bits per heavy atom. The second-order valence-electron chi connectivity index (χ2n) is 7.47. The number of rotatable bonds is 10. The van der Waals surface area contributed by atoms with Gasteiger partial charge in [0.25, 0.3) is 5.91 Å². The van der Waals surface area contributed by atoms with E-state index in [1.54, 1.807) is 30.3 Å². The van der Waals surface area contributed by atoms with Crippen molar-refractivity contribution in [3.05, 3.63) is 70.6 Å². The molecule has 2 aromatic carbocycles. The highest BCUT2D eigenvalue weighted by Gasteiger charge is 2.33. The number of thioether (sulfide) groups is 1. The quantitative estimate of drug-likeness (QED) is 0.302. The van der Waals surface area contributed by atoms with Gasteiger partial charge in [-0.1, -0.05) is 68.2 Å². The van der Waals surface area contributed by atoms with Gasteiger partial charge in [0.15, 0.2) is 0 Å². The third-order valence-electron chi connectivity index (χ3n) is 5.21. The van der Waals surface area contributed by atoms with E-state index in [-0.39, 0.29) is 18.4 Å². The summed E-state index contributed by atoms with van der Waals surface area (Å²) < 4.78 is 5.65. The van der Waals surface area contributed by atoms with Gasteiger partial charge < -0.3 is 15.0 Å². The van der Waals surface area contributed by atoms with Gasteiger partial charge in [-0.05, 0) is 49.0 Å². The van der Waals surface area contributed by atoms with E-state index in [1.807, 2.05) is 30.3 Å². The van der Waals surface area contributed by atoms with Gasteiger partial charge in [-0.3, -0.25) is 14.5 Å². The van der Waals surface area contributed by atoms with Crippen molar-refractivity contribution in [2.75, 3.05) is 38.1 Å². The molecule has 1 aliphatic rings. The number of anilines is 1. The Balaban J connectivity index is 1.52. The van der Waals surface area contributed by atoms with Crippen molar-refractivity contribution in [3.63, 3.8) is 0 Å². The van der Waals surface area contributed by atoms with Crippen LogP contribution in [0.25, 0.3) is 6.08 Å². The average Bonchev–Trinajstić information content (AvgIpc) is 3.10. The number of benzene rings is 2. The fourth-order valence-electron chi connectivity index (χ4n) is 3.26. The number of hydrogen-bond donors (Lipinski definition) is 1. The summed E-state index contributed by atoms with van der Waals surface area (Å²) in [6, 6.07) is 15.9. The Morgan fingerprint density at radius 2 is 1.76 bits per heavy atom. The van der Waals surface area contributed by atoms with E-state index in [4.69, 9.17) is 17.0 Å². The van der Waals surface area contributed by atoms with E-state index in [2.05, 4.69) is 24.1 Å². The predicted octanol–water partition coefficient (Wildman–Crippen LogP) is 4.03. The first-order valence-electron chi connectivity index (χ1n) is 11.0. The van der Waals surface area contributed by atoms with Crippen LogP contribution in [-0.2, 0) is 14.3 Å². The van der Waals surface area contributed by atoms with Crippen LogP contribution in [-0.4, -0.2) is 64.7 Å². The monoisotopic (exact) mass is 497 g/mol. The van der Waals surface area contributed by atoms with Crippen LogP contribution in [0.5, 0.6) is 0 Å². The summed E-state index contributed by atoms with van der Waals surface area (Å²) in [6.07, 6.45) is 1.76. The van der Waals surface area contributed by atoms with E-state index in [9.17, 15) is 14.4 Å². The Morgan fingerprint density at radius 1 is 1.09 bits per heavy atom. The molecule has 0 unspecified atom stereocenters. The van der Waals surface area contributed by atoms with Crippen LogP contribution in [0.2, 0.25) is 0 Å². The Hall–Kier alpha value is -3.01. The number of thiocarbonyl (C=S) groups is 1. The molecule has 34 heavy (non-hydrogen) atoms. The zero-order valence-corrected chi connectivity index (χ0v) is 20.8. The SMILES string of the molecule is CCN(CC)CCOC(=O)c1ccc(NC(=O)CN2C(=O)C(=Cc3ccccc3)SC2=S)cc1. The number of carbonyl (C=O) groups is 3. The predicted molar refractivity (Wildman–Crippen MR) is 139 cm³/mol. The second-order valence-corrected chi connectivity index (χ2v) is 9.14. The molecular weight excluding hydrogens is 470 g/mol. The maximum absolute atomic E-state index is 12.7. The molecule has 0 saturated carbocycles. The largest absolute Gasteiger partial charge is 0.461 e. The summed E-state index contributed by atoms with van der Waals surface area (Å²) in [5.74, 6) is -1.09. The average molecular weight is 498 g/mol. The van der Waals surface area contributed by atoms with E-state index >= 15 is 0 Å². The number of nitrogens with one attached hydrogen (secondary N) is 1. The van der Waals surface area contributed by atoms with Gasteiger partial charge in [-0.25, -0.2) is 4.79 Å². The third-order valence-corrected chi connectivity index (χ3v) is 6.59. The normalized spacial score (nSPS) is 14.7. The molecule has 1 heterocycles. The molecule has 0 radical (unpaired) electrons. The van der Waals surface area contributed by atoms with Crippen molar-refractivity contribution >= 4 is 57.8 Å². The number of esters is 1. The Bertz CT molecular complexity index is 1070. The van der Waals surface area contributed by atoms with Gasteiger partial charge in [-0.15, -0.1) is 0 Å². The van der Waals surface area contributed by atoms with Gasteiger partial charge in [0, 0.05) is 12.2 Å². The van der Waals surface area contributed by atoms with Crippen LogP contribution in [0.1, 0.15) is 29.8 Å². The number of likely N-dealkylation sites (N-methyl/N-ethyl adjacent to an activating group) is 1. The van der Waals surface area contributed by atoms with Crippen molar-refractivity contribution in [3.8, 4) is 0 Å². The molecule has 1 N–H and O–H groups in total. The summed E-state index contributed by atoms with van der Waals surface area (Å²) in [6.45, 7) is 6.74. The summed E-state index contributed by atoms with van der Waals surface area (Å²) >= 11 is 6.47. The van der Waals surface area contributed by atoms with Crippen molar-refractivity contribution in [2.24, 2.45) is 0 Å². The van der Waals surface area contributed by atoms with Crippen molar-refractivity contribution in [1.29, 1.82) is 0 Å². The van der Waals surface area contributed by atoms with Crippen molar-refractivity contribution < 1.29 is 19.1 Å². The topological polar surface area (TPSA) is 79.0 Å². The molecule has 1 aliphatic heterocycles. The molecular formula is C25H27N3O4S2. The maximum Gasteiger partial charge on any atom is 0.338 e. The second kappa shape index (κ2) is 12.5.